The number of nitrogens with one attached hydrogen (secondary N) is 2. The molecular formula is C22H23N3O4. The van der Waals surface area contributed by atoms with Crippen LogP contribution in [-0.4, -0.2) is 24.1 Å². The summed E-state index contributed by atoms with van der Waals surface area (Å²) in [6.45, 7) is 4.88. The van der Waals surface area contributed by atoms with Gasteiger partial charge in [-0.15, -0.1) is 0 Å². The first-order valence-electron chi connectivity index (χ1n) is 9.25. The molecule has 0 radical (unpaired) electrons. The molecule has 150 valence electrons. The summed E-state index contributed by atoms with van der Waals surface area (Å²) in [6.07, 6.45) is 0. The number of para-hydroxylation sites is 1. The number of nitrogens with zero attached hydrogens (tertiary/aromatic N) is 1. The Morgan fingerprint density at radius 1 is 1.10 bits per heavy atom. The van der Waals surface area contributed by atoms with Crippen molar-refractivity contribution in [3.05, 3.63) is 65.9 Å². The third kappa shape index (κ3) is 5.44. The van der Waals surface area contributed by atoms with Crippen molar-refractivity contribution >= 4 is 34.2 Å². The van der Waals surface area contributed by atoms with E-state index in [-0.39, 0.29) is 24.5 Å². The highest BCUT2D eigenvalue weighted by Crippen LogP contribution is 2.23. The number of hydrogen-bond acceptors (Lipinski definition) is 5. The number of carbonyl (C=O) groups excluding carboxylic acids is 2. The molecule has 3 rings (SSSR count). The summed E-state index contributed by atoms with van der Waals surface area (Å²) < 4.78 is 5.76. The molecular weight excluding hydrogens is 370 g/mol. The van der Waals surface area contributed by atoms with E-state index >= 15 is 0 Å². The average Bonchev–Trinajstić information content (AvgIpc) is 3.12. The van der Waals surface area contributed by atoms with Crippen molar-refractivity contribution in [1.29, 1.82) is 0 Å². The Morgan fingerprint density at radius 2 is 1.83 bits per heavy atom. The molecule has 7 heteroatoms. The van der Waals surface area contributed by atoms with Gasteiger partial charge >= 0.3 is 0 Å². The van der Waals surface area contributed by atoms with E-state index in [1.165, 1.54) is 6.92 Å². The summed E-state index contributed by atoms with van der Waals surface area (Å²) in [7, 11) is 0. The maximum absolute atomic E-state index is 12.1. The molecule has 0 bridgehead atoms. The Bertz CT molecular complexity index is 1000. The van der Waals surface area contributed by atoms with E-state index in [0.29, 0.717) is 17.2 Å². The molecule has 1 aromatic heterocycles. The Hall–Kier alpha value is -3.61. The van der Waals surface area contributed by atoms with Crippen molar-refractivity contribution in [3.8, 4) is 0 Å². The number of hydrogen-bond donors (Lipinski definition) is 2. The van der Waals surface area contributed by atoms with Gasteiger partial charge < -0.3 is 19.9 Å². The number of anilines is 1. The summed E-state index contributed by atoms with van der Waals surface area (Å²) in [5, 5.41) is 10.5. The summed E-state index contributed by atoms with van der Waals surface area (Å²) in [6, 6.07) is 16.5. The Morgan fingerprint density at radius 3 is 2.52 bits per heavy atom. The predicted octanol–water partition coefficient (Wildman–Crippen LogP) is 4.01. The van der Waals surface area contributed by atoms with Gasteiger partial charge in [0, 0.05) is 18.0 Å². The number of furan rings is 1. The number of benzene rings is 2. The summed E-state index contributed by atoms with van der Waals surface area (Å²) >= 11 is 0. The van der Waals surface area contributed by atoms with Crippen LogP contribution in [-0.2, 0) is 14.4 Å². The number of amides is 2. The number of carbonyl (C=O) groups is 2. The van der Waals surface area contributed by atoms with Crippen molar-refractivity contribution in [2.75, 3.05) is 11.9 Å². The third-order valence-corrected chi connectivity index (χ3v) is 4.27. The second-order valence-corrected chi connectivity index (χ2v) is 6.68. The van der Waals surface area contributed by atoms with E-state index in [0.717, 1.165) is 16.5 Å². The lowest BCUT2D eigenvalue weighted by molar-refractivity contribution is -0.126. The molecule has 2 aromatic carbocycles. The fourth-order valence-corrected chi connectivity index (χ4v) is 2.81. The van der Waals surface area contributed by atoms with Crippen LogP contribution in [0.1, 0.15) is 38.1 Å². The van der Waals surface area contributed by atoms with Crippen LogP contribution in [0.25, 0.3) is 11.0 Å². The summed E-state index contributed by atoms with van der Waals surface area (Å²) in [5.41, 5.74) is 2.94. The van der Waals surface area contributed by atoms with Crippen LogP contribution in [0, 0.1) is 0 Å². The van der Waals surface area contributed by atoms with Gasteiger partial charge in [0.25, 0.3) is 5.91 Å². The SMILES string of the molecule is CC(=O)Nc1ccc(C(C)=NOCC(=O)NC(C)c2cc3ccccc3o2)cc1. The number of rotatable bonds is 7. The maximum Gasteiger partial charge on any atom is 0.261 e. The van der Waals surface area contributed by atoms with Crippen LogP contribution in [0.15, 0.2) is 64.2 Å². The smallest absolute Gasteiger partial charge is 0.261 e. The van der Waals surface area contributed by atoms with Gasteiger partial charge in [0.1, 0.15) is 11.3 Å². The minimum absolute atomic E-state index is 0.130. The molecule has 0 aliphatic rings. The zero-order valence-corrected chi connectivity index (χ0v) is 16.6. The molecule has 1 unspecified atom stereocenters. The molecule has 0 fully saturated rings. The second-order valence-electron chi connectivity index (χ2n) is 6.68. The van der Waals surface area contributed by atoms with E-state index in [1.807, 2.05) is 49.4 Å². The highest BCUT2D eigenvalue weighted by Gasteiger charge is 2.14. The topological polar surface area (TPSA) is 92.9 Å². The van der Waals surface area contributed by atoms with Crippen LogP contribution in [0.2, 0.25) is 0 Å². The zero-order chi connectivity index (χ0) is 20.8. The molecule has 0 aliphatic heterocycles. The predicted molar refractivity (Wildman–Crippen MR) is 112 cm³/mol. The van der Waals surface area contributed by atoms with E-state index in [4.69, 9.17) is 9.25 Å². The van der Waals surface area contributed by atoms with E-state index in [9.17, 15) is 9.59 Å². The molecule has 29 heavy (non-hydrogen) atoms. The van der Waals surface area contributed by atoms with Gasteiger partial charge in [-0.2, -0.15) is 0 Å². The second kappa shape index (κ2) is 9.05. The standard InChI is InChI=1S/C22H23N3O4/c1-14(17-8-10-19(11-9-17)24-16(3)26)25-28-13-22(27)23-15(2)21-12-18-6-4-5-7-20(18)29-21/h4-12,15H,13H2,1-3H3,(H,23,27)(H,24,26). The first-order chi connectivity index (χ1) is 13.9. The maximum atomic E-state index is 12.1. The minimum atomic E-state index is -0.296. The average molecular weight is 393 g/mol. The molecule has 1 heterocycles. The molecule has 0 spiro atoms. The van der Waals surface area contributed by atoms with Crippen LogP contribution in [0.5, 0.6) is 0 Å². The lowest BCUT2D eigenvalue weighted by atomic mass is 10.1. The number of oxime groups is 1. The molecule has 0 aliphatic carbocycles. The Balaban J connectivity index is 1.51. The third-order valence-electron chi connectivity index (χ3n) is 4.27. The molecule has 0 saturated heterocycles. The van der Waals surface area contributed by atoms with Crippen molar-refractivity contribution in [2.45, 2.75) is 26.8 Å². The van der Waals surface area contributed by atoms with E-state index < -0.39 is 0 Å². The van der Waals surface area contributed by atoms with Crippen molar-refractivity contribution in [3.63, 3.8) is 0 Å². The first kappa shape index (κ1) is 20.1. The zero-order valence-electron chi connectivity index (χ0n) is 16.6. The Labute approximate surface area is 168 Å². The molecule has 0 saturated carbocycles. The van der Waals surface area contributed by atoms with Crippen LogP contribution >= 0.6 is 0 Å². The Kier molecular flexibility index (Phi) is 6.29. The van der Waals surface area contributed by atoms with Crippen molar-refractivity contribution in [1.82, 2.24) is 5.32 Å². The molecule has 2 amide bonds. The lowest BCUT2D eigenvalue weighted by Crippen LogP contribution is -2.29. The van der Waals surface area contributed by atoms with Crippen LogP contribution < -0.4 is 10.6 Å². The normalized spacial score (nSPS) is 12.4. The van der Waals surface area contributed by atoms with Crippen LogP contribution in [0.3, 0.4) is 0 Å². The van der Waals surface area contributed by atoms with Gasteiger partial charge in [0.15, 0.2) is 6.61 Å². The molecule has 7 nitrogen and oxygen atoms in total. The van der Waals surface area contributed by atoms with Crippen molar-refractivity contribution < 1.29 is 18.8 Å². The number of fused-ring (bicyclic) bond motifs is 1. The monoisotopic (exact) mass is 393 g/mol. The van der Waals surface area contributed by atoms with Gasteiger partial charge in [-0.1, -0.05) is 35.5 Å². The van der Waals surface area contributed by atoms with E-state index in [1.54, 1.807) is 19.1 Å². The minimum Gasteiger partial charge on any atom is -0.459 e. The quantitative estimate of drug-likeness (QED) is 0.469. The summed E-state index contributed by atoms with van der Waals surface area (Å²) in [4.78, 5) is 28.3. The summed E-state index contributed by atoms with van der Waals surface area (Å²) in [5.74, 6) is 0.253. The van der Waals surface area contributed by atoms with Crippen molar-refractivity contribution in [2.24, 2.45) is 5.16 Å². The highest BCUT2D eigenvalue weighted by molar-refractivity contribution is 5.99. The molecule has 3 aromatic rings. The van der Waals surface area contributed by atoms with Gasteiger partial charge in [0.05, 0.1) is 11.8 Å². The van der Waals surface area contributed by atoms with Gasteiger partial charge in [0.2, 0.25) is 5.91 Å². The lowest BCUT2D eigenvalue weighted by Gasteiger charge is -2.10. The first-order valence-corrected chi connectivity index (χ1v) is 9.25. The largest absolute Gasteiger partial charge is 0.459 e. The van der Waals surface area contributed by atoms with E-state index in [2.05, 4.69) is 15.8 Å². The highest BCUT2D eigenvalue weighted by atomic mass is 16.6. The van der Waals surface area contributed by atoms with Crippen LogP contribution in [0.4, 0.5) is 5.69 Å². The fourth-order valence-electron chi connectivity index (χ4n) is 2.81. The fraction of sp³-hybridized carbons (Fsp3) is 0.227. The van der Waals surface area contributed by atoms with Gasteiger partial charge in [-0.05, 0) is 43.7 Å². The molecule has 1 atom stereocenters. The van der Waals surface area contributed by atoms with Gasteiger partial charge in [-0.25, -0.2) is 0 Å². The molecule has 2 N–H and O–H groups in total. The van der Waals surface area contributed by atoms with Gasteiger partial charge in [-0.3, -0.25) is 9.59 Å².